The Morgan fingerprint density at radius 2 is 2.00 bits per heavy atom. The maximum Gasteiger partial charge on any atom is 0.225 e. The zero-order chi connectivity index (χ0) is 14.4. The van der Waals surface area contributed by atoms with E-state index in [0.29, 0.717) is 13.2 Å². The van der Waals surface area contributed by atoms with Crippen molar-refractivity contribution in [3.63, 3.8) is 0 Å². The van der Waals surface area contributed by atoms with Crippen molar-refractivity contribution in [3.05, 3.63) is 29.8 Å². The van der Waals surface area contributed by atoms with Gasteiger partial charge in [-0.05, 0) is 44.5 Å². The Morgan fingerprint density at radius 3 is 2.67 bits per heavy atom. The number of likely N-dealkylation sites (N-methyl/N-ethyl adjacent to an activating group) is 1. The third kappa shape index (κ3) is 5.21. The zero-order valence-corrected chi connectivity index (χ0v) is 13.6. The van der Waals surface area contributed by atoms with Crippen molar-refractivity contribution in [1.29, 1.82) is 0 Å². The maximum atomic E-state index is 12.2. The van der Waals surface area contributed by atoms with Crippen LogP contribution in [0.25, 0.3) is 0 Å². The highest BCUT2D eigenvalue weighted by Crippen LogP contribution is 2.17. The van der Waals surface area contributed by atoms with Gasteiger partial charge in [-0.1, -0.05) is 18.2 Å². The Hall–Kier alpha value is -1.26. The van der Waals surface area contributed by atoms with Gasteiger partial charge in [0.2, 0.25) is 5.91 Å². The van der Waals surface area contributed by atoms with Gasteiger partial charge in [0.25, 0.3) is 0 Å². The molecule has 2 rings (SSSR count). The van der Waals surface area contributed by atoms with Crippen molar-refractivity contribution in [3.8, 4) is 5.75 Å². The van der Waals surface area contributed by atoms with Crippen LogP contribution in [0.3, 0.4) is 0 Å². The number of carbonyl (C=O) groups excluding carboxylic acids is 1. The number of nitrogens with zero attached hydrogens (tertiary/aromatic N) is 1. The minimum absolute atomic E-state index is 0. The van der Waals surface area contributed by atoms with Crippen molar-refractivity contribution in [1.82, 2.24) is 10.2 Å². The Morgan fingerprint density at radius 1 is 1.33 bits per heavy atom. The second kappa shape index (κ2) is 8.90. The second-order valence-corrected chi connectivity index (χ2v) is 5.40. The van der Waals surface area contributed by atoms with Gasteiger partial charge in [0.15, 0.2) is 0 Å². The van der Waals surface area contributed by atoms with Crippen molar-refractivity contribution >= 4 is 18.3 Å². The van der Waals surface area contributed by atoms with Crippen molar-refractivity contribution in [2.24, 2.45) is 5.92 Å². The van der Waals surface area contributed by atoms with Gasteiger partial charge in [0.05, 0.1) is 6.54 Å². The molecule has 0 atom stereocenters. The molecular formula is C16H25ClN2O2. The minimum Gasteiger partial charge on any atom is -0.491 e. The van der Waals surface area contributed by atoms with Crippen LogP contribution in [0.5, 0.6) is 5.75 Å². The summed E-state index contributed by atoms with van der Waals surface area (Å²) in [5, 5.41) is 3.28. The summed E-state index contributed by atoms with van der Waals surface area (Å²) in [5.74, 6) is 1.33. The first kappa shape index (κ1) is 17.8. The zero-order valence-electron chi connectivity index (χ0n) is 12.8. The first-order chi connectivity index (χ1) is 9.68. The Kier molecular flexibility index (Phi) is 7.54. The van der Waals surface area contributed by atoms with Crippen LogP contribution in [-0.4, -0.2) is 44.1 Å². The number of ether oxygens (including phenoxy) is 1. The number of hydrogen-bond acceptors (Lipinski definition) is 3. The predicted molar refractivity (Wildman–Crippen MR) is 87.2 cm³/mol. The summed E-state index contributed by atoms with van der Waals surface area (Å²) >= 11 is 0. The monoisotopic (exact) mass is 312 g/mol. The molecule has 0 aromatic heterocycles. The van der Waals surface area contributed by atoms with E-state index in [9.17, 15) is 4.79 Å². The minimum atomic E-state index is 0. The maximum absolute atomic E-state index is 12.2. The van der Waals surface area contributed by atoms with E-state index in [1.807, 2.05) is 38.2 Å². The van der Waals surface area contributed by atoms with Gasteiger partial charge >= 0.3 is 0 Å². The molecule has 1 heterocycles. The van der Waals surface area contributed by atoms with Gasteiger partial charge in [-0.3, -0.25) is 4.79 Å². The Balaban J connectivity index is 0.00000220. The van der Waals surface area contributed by atoms with Crippen LogP contribution in [0.4, 0.5) is 0 Å². The van der Waals surface area contributed by atoms with E-state index >= 15 is 0 Å². The number of carbonyl (C=O) groups is 1. The lowest BCUT2D eigenvalue weighted by Crippen LogP contribution is -2.40. The molecule has 4 nitrogen and oxygen atoms in total. The summed E-state index contributed by atoms with van der Waals surface area (Å²) in [6.07, 6.45) is 1.89. The summed E-state index contributed by atoms with van der Waals surface area (Å²) in [6.45, 7) is 5.10. The molecule has 1 aromatic rings. The molecule has 1 N–H and O–H groups in total. The van der Waals surface area contributed by atoms with Gasteiger partial charge in [-0.25, -0.2) is 0 Å². The van der Waals surface area contributed by atoms with Gasteiger partial charge < -0.3 is 15.0 Å². The average molecular weight is 313 g/mol. The fraction of sp³-hybridized carbons (Fsp3) is 0.562. The predicted octanol–water partition coefficient (Wildman–Crippen LogP) is 2.25. The van der Waals surface area contributed by atoms with Crippen molar-refractivity contribution < 1.29 is 9.53 Å². The molecule has 0 aliphatic carbocycles. The van der Waals surface area contributed by atoms with E-state index in [0.717, 1.165) is 37.2 Å². The smallest absolute Gasteiger partial charge is 0.225 e. The molecule has 5 heteroatoms. The molecule has 1 amide bonds. The third-order valence-electron chi connectivity index (χ3n) is 3.84. The van der Waals surface area contributed by atoms with E-state index in [2.05, 4.69) is 5.32 Å². The number of piperidine rings is 1. The Bertz CT molecular complexity index is 448. The highest BCUT2D eigenvalue weighted by atomic mass is 35.5. The molecule has 118 valence electrons. The van der Waals surface area contributed by atoms with Crippen LogP contribution in [0.15, 0.2) is 24.3 Å². The topological polar surface area (TPSA) is 41.6 Å². The van der Waals surface area contributed by atoms with Crippen LogP contribution >= 0.6 is 12.4 Å². The highest BCUT2D eigenvalue weighted by Gasteiger charge is 2.23. The summed E-state index contributed by atoms with van der Waals surface area (Å²) in [5.41, 5.74) is 1.12. The standard InChI is InChI=1S/C16H24N2O2.ClH/c1-13-5-3-4-6-15(13)20-12-11-18(2)16(19)14-7-9-17-10-8-14;/h3-6,14,17H,7-12H2,1-2H3;1H. The lowest BCUT2D eigenvalue weighted by atomic mass is 9.97. The number of nitrogens with one attached hydrogen (secondary N) is 1. The van der Waals surface area contributed by atoms with E-state index in [1.54, 1.807) is 4.90 Å². The van der Waals surface area contributed by atoms with E-state index < -0.39 is 0 Å². The van der Waals surface area contributed by atoms with Gasteiger partial charge in [0.1, 0.15) is 12.4 Å². The van der Waals surface area contributed by atoms with E-state index in [-0.39, 0.29) is 24.2 Å². The summed E-state index contributed by atoms with van der Waals surface area (Å²) in [6, 6.07) is 7.95. The summed E-state index contributed by atoms with van der Waals surface area (Å²) in [4.78, 5) is 14.0. The van der Waals surface area contributed by atoms with Crippen LogP contribution < -0.4 is 10.1 Å². The molecule has 0 saturated carbocycles. The molecule has 1 aliphatic heterocycles. The molecule has 0 bridgehead atoms. The van der Waals surface area contributed by atoms with Gasteiger partial charge in [0, 0.05) is 13.0 Å². The SMILES string of the molecule is Cc1ccccc1OCCN(C)C(=O)C1CCNCC1.Cl. The molecule has 0 spiro atoms. The first-order valence-corrected chi connectivity index (χ1v) is 7.32. The number of hydrogen-bond donors (Lipinski definition) is 1. The fourth-order valence-corrected chi connectivity index (χ4v) is 2.50. The number of aryl methyl sites for hydroxylation is 1. The van der Waals surface area contributed by atoms with Crippen LogP contribution in [0, 0.1) is 12.8 Å². The molecule has 1 saturated heterocycles. The number of para-hydroxylation sites is 1. The summed E-state index contributed by atoms with van der Waals surface area (Å²) < 4.78 is 5.74. The fourth-order valence-electron chi connectivity index (χ4n) is 2.50. The number of halogens is 1. The van der Waals surface area contributed by atoms with Crippen molar-refractivity contribution in [2.45, 2.75) is 19.8 Å². The number of amides is 1. The van der Waals surface area contributed by atoms with Crippen LogP contribution in [-0.2, 0) is 4.79 Å². The Labute approximate surface area is 133 Å². The van der Waals surface area contributed by atoms with Crippen LogP contribution in [0.1, 0.15) is 18.4 Å². The highest BCUT2D eigenvalue weighted by molar-refractivity contribution is 5.85. The molecule has 1 fully saturated rings. The van der Waals surface area contributed by atoms with E-state index in [4.69, 9.17) is 4.74 Å². The molecule has 0 radical (unpaired) electrons. The number of rotatable bonds is 5. The van der Waals surface area contributed by atoms with E-state index in [1.165, 1.54) is 0 Å². The van der Waals surface area contributed by atoms with Gasteiger partial charge in [-0.2, -0.15) is 0 Å². The quantitative estimate of drug-likeness (QED) is 0.907. The first-order valence-electron chi connectivity index (χ1n) is 7.32. The second-order valence-electron chi connectivity index (χ2n) is 5.40. The number of benzene rings is 1. The largest absolute Gasteiger partial charge is 0.491 e. The molecule has 1 aromatic carbocycles. The lowest BCUT2D eigenvalue weighted by molar-refractivity contribution is -0.135. The van der Waals surface area contributed by atoms with Crippen molar-refractivity contribution in [2.75, 3.05) is 33.3 Å². The molecule has 21 heavy (non-hydrogen) atoms. The van der Waals surface area contributed by atoms with Gasteiger partial charge in [-0.15, -0.1) is 12.4 Å². The van der Waals surface area contributed by atoms with Crippen LogP contribution in [0.2, 0.25) is 0 Å². The summed E-state index contributed by atoms with van der Waals surface area (Å²) in [7, 11) is 1.87. The molecular weight excluding hydrogens is 288 g/mol. The average Bonchev–Trinajstić information content (AvgIpc) is 2.49. The molecule has 0 unspecified atom stereocenters. The molecule has 1 aliphatic rings. The lowest BCUT2D eigenvalue weighted by Gasteiger charge is -2.27. The normalized spacial score (nSPS) is 15.1. The third-order valence-corrected chi connectivity index (χ3v) is 3.84.